The van der Waals surface area contributed by atoms with Crippen molar-refractivity contribution in [2.24, 2.45) is 5.73 Å². The fraction of sp³-hybridized carbons (Fsp3) is 0.412. The molecule has 1 aliphatic rings. The van der Waals surface area contributed by atoms with Crippen LogP contribution >= 0.6 is 11.8 Å². The highest BCUT2D eigenvalue weighted by Gasteiger charge is 2.30. The third-order valence-corrected chi connectivity index (χ3v) is 4.92. The molecule has 1 saturated carbocycles. The van der Waals surface area contributed by atoms with E-state index in [1.165, 1.54) is 17.3 Å². The molecular weight excluding hydrogens is 338 g/mol. The molecule has 1 heterocycles. The highest BCUT2D eigenvalue weighted by atomic mass is 32.2. The number of nitrogens with one attached hydrogen (secondary N) is 1. The van der Waals surface area contributed by atoms with Crippen molar-refractivity contribution in [3.05, 3.63) is 35.7 Å². The second-order valence-corrected chi connectivity index (χ2v) is 7.00. The molecule has 1 fully saturated rings. The van der Waals surface area contributed by atoms with Crippen LogP contribution in [0.5, 0.6) is 0 Å². The number of hydrogen-bond acceptors (Lipinski definition) is 5. The van der Waals surface area contributed by atoms with Gasteiger partial charge in [0.15, 0.2) is 5.16 Å². The van der Waals surface area contributed by atoms with E-state index in [0.717, 1.165) is 30.8 Å². The first-order chi connectivity index (χ1) is 12.1. The van der Waals surface area contributed by atoms with E-state index < -0.39 is 5.91 Å². The minimum atomic E-state index is -0.440. The van der Waals surface area contributed by atoms with Gasteiger partial charge in [0.2, 0.25) is 11.8 Å². The lowest BCUT2D eigenvalue weighted by molar-refractivity contribution is -0.118. The van der Waals surface area contributed by atoms with Crippen molar-refractivity contribution >= 4 is 29.3 Å². The average Bonchev–Trinajstić information content (AvgIpc) is 3.35. The maximum absolute atomic E-state index is 12.2. The highest BCUT2D eigenvalue weighted by molar-refractivity contribution is 7.99. The number of anilines is 1. The predicted octanol–water partition coefficient (Wildman–Crippen LogP) is 1.93. The molecule has 25 heavy (non-hydrogen) atoms. The normalized spacial score (nSPS) is 13.6. The maximum Gasteiger partial charge on any atom is 0.237 e. The smallest absolute Gasteiger partial charge is 0.237 e. The van der Waals surface area contributed by atoms with Gasteiger partial charge in [-0.15, -0.1) is 10.2 Å². The first kappa shape index (κ1) is 17.5. The van der Waals surface area contributed by atoms with Crippen molar-refractivity contribution in [3.63, 3.8) is 0 Å². The zero-order chi connectivity index (χ0) is 17.8. The largest absolute Gasteiger partial charge is 0.368 e. The number of benzene rings is 1. The van der Waals surface area contributed by atoms with Crippen LogP contribution in [0, 0.1) is 0 Å². The predicted molar refractivity (Wildman–Crippen MR) is 96.4 cm³/mol. The summed E-state index contributed by atoms with van der Waals surface area (Å²) in [6.07, 6.45) is 3.02. The third-order valence-electron chi connectivity index (χ3n) is 3.95. The van der Waals surface area contributed by atoms with Crippen LogP contribution in [-0.2, 0) is 22.6 Å². The summed E-state index contributed by atoms with van der Waals surface area (Å²) in [7, 11) is 0. The van der Waals surface area contributed by atoms with Gasteiger partial charge in [0, 0.05) is 11.6 Å². The summed E-state index contributed by atoms with van der Waals surface area (Å²) >= 11 is 1.26. The van der Waals surface area contributed by atoms with E-state index in [1.807, 2.05) is 24.3 Å². The van der Waals surface area contributed by atoms with Gasteiger partial charge in [-0.2, -0.15) is 0 Å². The van der Waals surface area contributed by atoms with E-state index >= 15 is 0 Å². The molecule has 0 spiro atoms. The zero-order valence-electron chi connectivity index (χ0n) is 14.1. The number of nitrogens with zero attached hydrogens (tertiary/aromatic N) is 3. The number of amides is 2. The molecule has 8 heteroatoms. The Kier molecular flexibility index (Phi) is 5.37. The molecule has 2 amide bonds. The molecule has 3 rings (SSSR count). The molecule has 7 nitrogen and oxygen atoms in total. The topological polar surface area (TPSA) is 103 Å². The molecule has 0 saturated heterocycles. The number of hydrogen-bond donors (Lipinski definition) is 2. The lowest BCUT2D eigenvalue weighted by Crippen LogP contribution is -2.21. The van der Waals surface area contributed by atoms with Crippen LogP contribution in [0.3, 0.4) is 0 Å². The van der Waals surface area contributed by atoms with Gasteiger partial charge in [-0.1, -0.05) is 30.8 Å². The van der Waals surface area contributed by atoms with Crippen LogP contribution in [0.4, 0.5) is 5.69 Å². The first-order valence-electron chi connectivity index (χ1n) is 8.29. The number of aromatic nitrogens is 3. The minimum Gasteiger partial charge on any atom is -0.368 e. The summed E-state index contributed by atoms with van der Waals surface area (Å²) in [4.78, 5) is 23.5. The van der Waals surface area contributed by atoms with Crippen LogP contribution in [0.2, 0.25) is 0 Å². The number of aryl methyl sites for hydroxylation is 1. The van der Waals surface area contributed by atoms with Gasteiger partial charge in [0.25, 0.3) is 0 Å². The monoisotopic (exact) mass is 359 g/mol. The van der Waals surface area contributed by atoms with Gasteiger partial charge in [0.05, 0.1) is 5.75 Å². The van der Waals surface area contributed by atoms with Crippen molar-refractivity contribution in [2.75, 3.05) is 11.1 Å². The molecule has 1 aromatic heterocycles. The molecule has 0 bridgehead atoms. The van der Waals surface area contributed by atoms with Crippen molar-refractivity contribution < 1.29 is 9.59 Å². The molecule has 1 aliphatic carbocycles. The van der Waals surface area contributed by atoms with E-state index in [0.29, 0.717) is 11.1 Å². The lowest BCUT2D eigenvalue weighted by Gasteiger charge is -2.08. The fourth-order valence-electron chi connectivity index (χ4n) is 2.55. The number of thioether (sulfide) groups is 1. The summed E-state index contributed by atoms with van der Waals surface area (Å²) in [6.45, 7) is 2.11. The van der Waals surface area contributed by atoms with E-state index in [2.05, 4.69) is 22.4 Å². The van der Waals surface area contributed by atoms with E-state index in [4.69, 9.17) is 5.73 Å². The summed E-state index contributed by atoms with van der Waals surface area (Å²) in [5.74, 6) is 0.770. The van der Waals surface area contributed by atoms with Gasteiger partial charge in [-0.3, -0.25) is 14.2 Å². The number of carbonyl (C=O) groups is 2. The summed E-state index contributed by atoms with van der Waals surface area (Å²) in [6, 6.07) is 7.77. The Balaban J connectivity index is 1.62. The summed E-state index contributed by atoms with van der Waals surface area (Å²) in [5, 5.41) is 11.7. The second-order valence-electron chi connectivity index (χ2n) is 6.06. The van der Waals surface area contributed by atoms with Crippen molar-refractivity contribution in [3.8, 4) is 0 Å². The van der Waals surface area contributed by atoms with Gasteiger partial charge in [0.1, 0.15) is 12.4 Å². The van der Waals surface area contributed by atoms with Gasteiger partial charge in [-0.05, 0) is 37.0 Å². The van der Waals surface area contributed by atoms with Gasteiger partial charge in [-0.25, -0.2) is 0 Å². The molecule has 2 aromatic rings. The highest BCUT2D eigenvalue weighted by Crippen LogP contribution is 2.39. The number of primary amides is 1. The summed E-state index contributed by atoms with van der Waals surface area (Å²) < 4.78 is 1.73. The van der Waals surface area contributed by atoms with Crippen LogP contribution in [0.25, 0.3) is 0 Å². The second kappa shape index (κ2) is 7.69. The van der Waals surface area contributed by atoms with Crippen molar-refractivity contribution in [1.29, 1.82) is 0 Å². The number of carbonyl (C=O) groups excluding carboxylic acids is 2. The minimum absolute atomic E-state index is 0.0430. The van der Waals surface area contributed by atoms with E-state index in [1.54, 1.807) is 4.57 Å². The Morgan fingerprint density at radius 2 is 2.16 bits per heavy atom. The van der Waals surface area contributed by atoms with Crippen LogP contribution < -0.4 is 11.1 Å². The van der Waals surface area contributed by atoms with Crippen molar-refractivity contribution in [1.82, 2.24) is 14.8 Å². The molecule has 0 atom stereocenters. The zero-order valence-corrected chi connectivity index (χ0v) is 14.9. The Hall–Kier alpha value is -2.35. The quantitative estimate of drug-likeness (QED) is 0.701. The van der Waals surface area contributed by atoms with Crippen LogP contribution in [-0.4, -0.2) is 32.3 Å². The Morgan fingerprint density at radius 3 is 2.84 bits per heavy atom. The Bertz CT molecular complexity index is 785. The molecule has 3 N–H and O–H groups in total. The molecule has 0 radical (unpaired) electrons. The number of nitrogens with two attached hydrogens (primary N) is 1. The number of rotatable bonds is 8. The Morgan fingerprint density at radius 1 is 1.36 bits per heavy atom. The third kappa shape index (κ3) is 4.60. The fourth-order valence-corrected chi connectivity index (χ4v) is 3.30. The standard InChI is InChI=1S/C17H21N5O2S/c1-2-11-4-3-5-13(8-11)19-15(24)10-25-17-21-20-16(12-6-7-12)22(17)9-14(18)23/h3-5,8,12H,2,6-7,9-10H2,1H3,(H2,18,23)(H,19,24). The van der Waals surface area contributed by atoms with Gasteiger partial charge < -0.3 is 11.1 Å². The summed E-state index contributed by atoms with van der Waals surface area (Å²) in [5.41, 5.74) is 7.27. The SMILES string of the molecule is CCc1cccc(NC(=O)CSc2nnc(C3CC3)n2CC(N)=O)c1. The maximum atomic E-state index is 12.2. The lowest BCUT2D eigenvalue weighted by atomic mass is 10.1. The van der Waals surface area contributed by atoms with E-state index in [-0.39, 0.29) is 18.2 Å². The first-order valence-corrected chi connectivity index (χ1v) is 9.28. The Labute approximate surface area is 150 Å². The van der Waals surface area contributed by atoms with Crippen molar-refractivity contribution in [2.45, 2.75) is 43.8 Å². The van der Waals surface area contributed by atoms with E-state index in [9.17, 15) is 9.59 Å². The van der Waals surface area contributed by atoms with Crippen LogP contribution in [0.1, 0.15) is 37.1 Å². The van der Waals surface area contributed by atoms with Gasteiger partial charge >= 0.3 is 0 Å². The molecule has 132 valence electrons. The molecule has 0 unspecified atom stereocenters. The molecule has 0 aliphatic heterocycles. The van der Waals surface area contributed by atoms with Crippen LogP contribution in [0.15, 0.2) is 29.4 Å². The molecular formula is C17H21N5O2S. The molecule has 1 aromatic carbocycles. The average molecular weight is 359 g/mol.